The van der Waals surface area contributed by atoms with Crippen molar-refractivity contribution in [1.82, 2.24) is 9.55 Å². The molecule has 2 heterocycles. The molecule has 0 aliphatic heterocycles. The molecular weight excluding hydrogens is 296 g/mol. The van der Waals surface area contributed by atoms with Crippen LogP contribution >= 0.6 is 0 Å². The van der Waals surface area contributed by atoms with Crippen LogP contribution in [0.5, 0.6) is 0 Å². The first-order valence-electron chi connectivity index (χ1n) is 6.97. The zero-order chi connectivity index (χ0) is 16.7. The number of carboxylic acids is 1. The Morgan fingerprint density at radius 3 is 2.43 bits per heavy atom. The zero-order valence-electron chi connectivity index (χ0n) is 12.6. The van der Waals surface area contributed by atoms with E-state index in [9.17, 15) is 14.4 Å². The molecule has 0 aliphatic rings. The zero-order valence-corrected chi connectivity index (χ0v) is 12.6. The molecular formula is C17H14N2O4. The first kappa shape index (κ1) is 14.8. The second kappa shape index (κ2) is 5.24. The number of nitrogens with zero attached hydrogens (tertiary/aromatic N) is 1. The summed E-state index contributed by atoms with van der Waals surface area (Å²) in [7, 11) is 1.64. The maximum Gasteiger partial charge on any atom is 0.341 e. The summed E-state index contributed by atoms with van der Waals surface area (Å²) in [5, 5.41) is 9.08. The van der Waals surface area contributed by atoms with Crippen molar-refractivity contribution in [2.45, 2.75) is 6.92 Å². The number of hydrogen-bond acceptors (Lipinski definition) is 3. The van der Waals surface area contributed by atoms with E-state index in [2.05, 4.69) is 4.98 Å². The number of H-pyrrole nitrogens is 1. The maximum atomic E-state index is 12.8. The number of carbonyl (C=O) groups is 2. The van der Waals surface area contributed by atoms with Crippen molar-refractivity contribution in [3.8, 4) is 0 Å². The third-order valence-electron chi connectivity index (χ3n) is 4.00. The van der Waals surface area contributed by atoms with Gasteiger partial charge in [0.25, 0.3) is 0 Å². The molecule has 0 fully saturated rings. The van der Waals surface area contributed by atoms with Crippen molar-refractivity contribution in [1.29, 1.82) is 0 Å². The maximum absolute atomic E-state index is 12.8. The minimum Gasteiger partial charge on any atom is -0.477 e. The van der Waals surface area contributed by atoms with Gasteiger partial charge in [-0.15, -0.1) is 0 Å². The molecule has 3 rings (SSSR count). The SMILES string of the molecule is Cc1c(C(=O)c2ccccc2)c2[nH]cc(C(=O)O)c(=O)c2n1C. The van der Waals surface area contributed by atoms with Crippen LogP contribution in [0, 0.1) is 6.92 Å². The predicted octanol–water partition coefficient (Wildman–Crippen LogP) is 2.10. The number of benzene rings is 1. The van der Waals surface area contributed by atoms with Crippen molar-refractivity contribution in [3.63, 3.8) is 0 Å². The Kier molecular flexibility index (Phi) is 3.37. The molecule has 116 valence electrons. The lowest BCUT2D eigenvalue weighted by Crippen LogP contribution is -2.17. The normalized spacial score (nSPS) is 10.9. The number of rotatable bonds is 3. The van der Waals surface area contributed by atoms with Crippen LogP contribution in [0.15, 0.2) is 41.3 Å². The lowest BCUT2D eigenvalue weighted by molar-refractivity contribution is 0.0695. The number of nitrogens with one attached hydrogen (secondary N) is 1. The van der Waals surface area contributed by atoms with Crippen molar-refractivity contribution in [3.05, 3.63) is 69.1 Å². The molecule has 2 N–H and O–H groups in total. The first-order valence-corrected chi connectivity index (χ1v) is 6.97. The minimum atomic E-state index is -1.30. The van der Waals surface area contributed by atoms with Gasteiger partial charge >= 0.3 is 5.97 Å². The third kappa shape index (κ3) is 2.15. The van der Waals surface area contributed by atoms with Gasteiger partial charge in [0.2, 0.25) is 5.43 Å². The molecule has 0 aliphatic carbocycles. The molecule has 0 spiro atoms. The van der Waals surface area contributed by atoms with Gasteiger partial charge in [-0.2, -0.15) is 0 Å². The molecule has 6 nitrogen and oxygen atoms in total. The number of hydrogen-bond donors (Lipinski definition) is 2. The quantitative estimate of drug-likeness (QED) is 0.725. The van der Waals surface area contributed by atoms with E-state index in [0.29, 0.717) is 22.3 Å². The summed E-state index contributed by atoms with van der Waals surface area (Å²) in [4.78, 5) is 39.1. The summed E-state index contributed by atoms with van der Waals surface area (Å²) >= 11 is 0. The van der Waals surface area contributed by atoms with Gasteiger partial charge in [-0.3, -0.25) is 9.59 Å². The van der Waals surface area contributed by atoms with E-state index in [1.807, 2.05) is 6.07 Å². The molecule has 0 atom stereocenters. The van der Waals surface area contributed by atoms with Crippen LogP contribution in [-0.2, 0) is 7.05 Å². The highest BCUT2D eigenvalue weighted by molar-refractivity contribution is 6.16. The molecule has 0 unspecified atom stereocenters. The van der Waals surface area contributed by atoms with E-state index in [0.717, 1.165) is 6.20 Å². The number of aromatic amines is 1. The Morgan fingerprint density at radius 1 is 1.17 bits per heavy atom. The second-order valence-electron chi connectivity index (χ2n) is 5.27. The predicted molar refractivity (Wildman–Crippen MR) is 85.1 cm³/mol. The number of aromatic carboxylic acids is 1. The van der Waals surface area contributed by atoms with Crippen LogP contribution in [-0.4, -0.2) is 26.4 Å². The van der Waals surface area contributed by atoms with E-state index in [1.54, 1.807) is 42.8 Å². The summed E-state index contributed by atoms with van der Waals surface area (Å²) in [5.41, 5.74) is 1.06. The van der Waals surface area contributed by atoms with Crippen molar-refractivity contribution >= 4 is 22.8 Å². The molecule has 2 aromatic heterocycles. The van der Waals surface area contributed by atoms with Gasteiger partial charge in [0, 0.05) is 24.5 Å². The highest BCUT2D eigenvalue weighted by atomic mass is 16.4. The number of carbonyl (C=O) groups excluding carboxylic acids is 1. The molecule has 1 aromatic carbocycles. The van der Waals surface area contributed by atoms with Crippen LogP contribution in [0.1, 0.15) is 32.0 Å². The number of aromatic nitrogens is 2. The lowest BCUT2D eigenvalue weighted by atomic mass is 10.0. The topological polar surface area (TPSA) is 92.2 Å². The van der Waals surface area contributed by atoms with Gasteiger partial charge in [0.15, 0.2) is 5.78 Å². The fourth-order valence-corrected chi connectivity index (χ4v) is 2.72. The Balaban J connectivity index is 2.34. The number of aryl methyl sites for hydroxylation is 1. The monoisotopic (exact) mass is 310 g/mol. The van der Waals surface area contributed by atoms with Gasteiger partial charge in [0.05, 0.1) is 11.1 Å². The van der Waals surface area contributed by atoms with Crippen molar-refractivity contribution in [2.75, 3.05) is 0 Å². The van der Waals surface area contributed by atoms with Crippen LogP contribution in [0.3, 0.4) is 0 Å². The highest BCUT2D eigenvalue weighted by Gasteiger charge is 2.24. The number of ketones is 1. The minimum absolute atomic E-state index is 0.182. The first-order chi connectivity index (χ1) is 10.9. The van der Waals surface area contributed by atoms with Gasteiger partial charge in [-0.1, -0.05) is 30.3 Å². The largest absolute Gasteiger partial charge is 0.477 e. The fraction of sp³-hybridized carbons (Fsp3) is 0.118. The van der Waals surface area contributed by atoms with Crippen LogP contribution in [0.4, 0.5) is 0 Å². The number of fused-ring (bicyclic) bond motifs is 1. The number of carboxylic acid groups (broad SMARTS) is 1. The molecule has 0 saturated carbocycles. The Bertz CT molecular complexity index is 997. The molecule has 23 heavy (non-hydrogen) atoms. The van der Waals surface area contributed by atoms with Crippen LogP contribution in [0.2, 0.25) is 0 Å². The third-order valence-corrected chi connectivity index (χ3v) is 4.00. The van der Waals surface area contributed by atoms with Crippen molar-refractivity contribution < 1.29 is 14.7 Å². The lowest BCUT2D eigenvalue weighted by Gasteiger charge is -2.02. The average molecular weight is 310 g/mol. The Morgan fingerprint density at radius 2 is 1.83 bits per heavy atom. The van der Waals surface area contributed by atoms with E-state index in [1.165, 1.54) is 0 Å². The summed E-state index contributed by atoms with van der Waals surface area (Å²) < 4.78 is 1.55. The van der Waals surface area contributed by atoms with Gasteiger partial charge in [0.1, 0.15) is 11.1 Å². The van der Waals surface area contributed by atoms with E-state index >= 15 is 0 Å². The average Bonchev–Trinajstić information content (AvgIpc) is 2.79. The Labute approximate surface area is 131 Å². The molecule has 0 bridgehead atoms. The van der Waals surface area contributed by atoms with E-state index < -0.39 is 11.4 Å². The summed E-state index contributed by atoms with van der Waals surface area (Å²) in [5.74, 6) is -1.52. The summed E-state index contributed by atoms with van der Waals surface area (Å²) in [6.07, 6.45) is 1.13. The standard InChI is InChI=1S/C17H14N2O4/c1-9-12(15(20)10-6-4-3-5-7-10)13-14(19(9)2)16(21)11(8-18-13)17(22)23/h3-8H,1-2H3,(H,18,21)(H,22,23). The van der Waals surface area contributed by atoms with Crippen molar-refractivity contribution in [2.24, 2.45) is 7.05 Å². The van der Waals surface area contributed by atoms with E-state index in [4.69, 9.17) is 5.11 Å². The van der Waals surface area contributed by atoms with Crippen LogP contribution in [0.25, 0.3) is 11.0 Å². The van der Waals surface area contributed by atoms with Gasteiger partial charge in [-0.05, 0) is 6.92 Å². The summed E-state index contributed by atoms with van der Waals surface area (Å²) in [6.45, 7) is 1.73. The van der Waals surface area contributed by atoms with Crippen LogP contribution < -0.4 is 5.43 Å². The smallest absolute Gasteiger partial charge is 0.341 e. The number of pyridine rings is 1. The van der Waals surface area contributed by atoms with Gasteiger partial charge in [-0.25, -0.2) is 4.79 Å². The molecule has 0 saturated heterocycles. The summed E-state index contributed by atoms with van der Waals surface area (Å²) in [6, 6.07) is 8.74. The highest BCUT2D eigenvalue weighted by Crippen LogP contribution is 2.24. The molecule has 3 aromatic rings. The Hall–Kier alpha value is -3.15. The second-order valence-corrected chi connectivity index (χ2v) is 5.27. The van der Waals surface area contributed by atoms with Gasteiger partial charge < -0.3 is 14.7 Å². The fourth-order valence-electron chi connectivity index (χ4n) is 2.72. The van der Waals surface area contributed by atoms with E-state index in [-0.39, 0.29) is 16.9 Å². The molecule has 0 radical (unpaired) electrons. The molecule has 0 amide bonds. The molecule has 6 heteroatoms.